The zero-order valence-corrected chi connectivity index (χ0v) is 10.2. The highest BCUT2D eigenvalue weighted by Crippen LogP contribution is 2.17. The van der Waals surface area contributed by atoms with Gasteiger partial charge in [0, 0.05) is 0 Å². The van der Waals surface area contributed by atoms with Crippen LogP contribution in [0.1, 0.15) is 12.5 Å². The van der Waals surface area contributed by atoms with Crippen LogP contribution in [0.15, 0.2) is 24.3 Å². The lowest BCUT2D eigenvalue weighted by Gasteiger charge is -2.09. The predicted octanol–water partition coefficient (Wildman–Crippen LogP) is 2.34. The minimum absolute atomic E-state index is 0.0853. The Morgan fingerprint density at radius 2 is 2.00 bits per heavy atom. The van der Waals surface area contributed by atoms with Crippen LogP contribution in [0.5, 0.6) is 0 Å². The normalized spacial score (nSPS) is 11.3. The molecule has 1 N–H and O–H groups in total. The van der Waals surface area contributed by atoms with Gasteiger partial charge in [-0.3, -0.25) is 4.72 Å². The van der Waals surface area contributed by atoms with Crippen LogP contribution in [0.4, 0.5) is 5.69 Å². The van der Waals surface area contributed by atoms with E-state index in [1.165, 1.54) is 0 Å². The lowest BCUT2D eigenvalue weighted by molar-refractivity contribution is 0.606. The zero-order chi connectivity index (χ0) is 10.6. The summed E-state index contributed by atoms with van der Waals surface area (Å²) < 4.78 is 25.0. The summed E-state index contributed by atoms with van der Waals surface area (Å²) in [6.07, 6.45) is 0.807. The van der Waals surface area contributed by atoms with Crippen LogP contribution < -0.4 is 4.72 Å². The Kier molecular flexibility index (Phi) is 3.95. The molecular formula is C9H12BrNO2S. The second-order valence-electron chi connectivity index (χ2n) is 2.84. The maximum atomic E-state index is 11.3. The summed E-state index contributed by atoms with van der Waals surface area (Å²) in [7, 11) is -3.24. The van der Waals surface area contributed by atoms with Gasteiger partial charge in [0.2, 0.25) is 10.0 Å². The van der Waals surface area contributed by atoms with Crippen molar-refractivity contribution in [2.24, 2.45) is 0 Å². The third-order valence-corrected chi connectivity index (χ3v) is 4.43. The molecule has 1 aromatic carbocycles. The molecule has 3 nitrogen and oxygen atoms in total. The lowest BCUT2D eigenvalue weighted by Crippen LogP contribution is -2.14. The molecule has 0 spiro atoms. The maximum absolute atomic E-state index is 11.3. The van der Waals surface area contributed by atoms with Crippen molar-refractivity contribution < 1.29 is 8.42 Å². The number of halogens is 1. The fraction of sp³-hybridized carbons (Fsp3) is 0.333. The van der Waals surface area contributed by atoms with Crippen molar-refractivity contribution in [1.29, 1.82) is 0 Å². The number of sulfonamides is 1. The van der Waals surface area contributed by atoms with E-state index in [4.69, 9.17) is 0 Å². The molecule has 0 bridgehead atoms. The smallest absolute Gasteiger partial charge is 0.242 e. The Morgan fingerprint density at radius 3 is 2.57 bits per heavy atom. The number of anilines is 1. The average molecular weight is 278 g/mol. The third kappa shape index (κ3) is 2.99. The van der Waals surface area contributed by atoms with E-state index in [1.54, 1.807) is 6.07 Å². The van der Waals surface area contributed by atoms with Crippen LogP contribution in [0.2, 0.25) is 0 Å². The number of aryl methyl sites for hydroxylation is 1. The van der Waals surface area contributed by atoms with Crippen LogP contribution >= 0.6 is 15.9 Å². The van der Waals surface area contributed by atoms with Crippen molar-refractivity contribution in [2.75, 3.05) is 9.38 Å². The summed E-state index contributed by atoms with van der Waals surface area (Å²) in [5.74, 6) is 0. The fourth-order valence-corrected chi connectivity index (χ4v) is 2.06. The van der Waals surface area contributed by atoms with Gasteiger partial charge in [-0.2, -0.15) is 0 Å². The molecule has 0 aliphatic heterocycles. The molecule has 0 radical (unpaired) electrons. The second-order valence-corrected chi connectivity index (χ2v) is 5.86. The SMILES string of the molecule is CCc1ccccc1NS(=O)(=O)CBr. The van der Waals surface area contributed by atoms with Gasteiger partial charge in [0.15, 0.2) is 0 Å². The van der Waals surface area contributed by atoms with E-state index in [2.05, 4.69) is 20.7 Å². The first kappa shape index (κ1) is 11.5. The summed E-state index contributed by atoms with van der Waals surface area (Å²) in [5.41, 5.74) is 1.66. The highest BCUT2D eigenvalue weighted by molar-refractivity contribution is 9.10. The van der Waals surface area contributed by atoms with Gasteiger partial charge in [-0.1, -0.05) is 41.1 Å². The van der Waals surface area contributed by atoms with Gasteiger partial charge < -0.3 is 0 Å². The summed E-state index contributed by atoms with van der Waals surface area (Å²) >= 11 is 2.92. The second kappa shape index (κ2) is 4.79. The molecule has 1 rings (SSSR count). The van der Waals surface area contributed by atoms with Crippen LogP contribution in [0, 0.1) is 0 Å². The Hall–Kier alpha value is -0.550. The van der Waals surface area contributed by atoms with E-state index in [9.17, 15) is 8.42 Å². The number of rotatable bonds is 4. The summed E-state index contributed by atoms with van der Waals surface area (Å²) in [4.78, 5) is 0. The average Bonchev–Trinajstić information content (AvgIpc) is 2.18. The minimum Gasteiger partial charge on any atom is -0.283 e. The number of para-hydroxylation sites is 1. The third-order valence-electron chi connectivity index (χ3n) is 1.81. The van der Waals surface area contributed by atoms with E-state index >= 15 is 0 Å². The molecular weight excluding hydrogens is 266 g/mol. The van der Waals surface area contributed by atoms with Crippen molar-refractivity contribution in [1.82, 2.24) is 0 Å². The molecule has 0 atom stereocenters. The Morgan fingerprint density at radius 1 is 1.36 bits per heavy atom. The molecule has 0 saturated heterocycles. The van der Waals surface area contributed by atoms with Crippen molar-refractivity contribution in [2.45, 2.75) is 13.3 Å². The molecule has 0 amide bonds. The topological polar surface area (TPSA) is 46.2 Å². The Balaban J connectivity index is 2.97. The molecule has 78 valence electrons. The first-order valence-electron chi connectivity index (χ1n) is 4.23. The standard InChI is InChI=1S/C9H12BrNO2S/c1-2-8-5-3-4-6-9(8)11-14(12,13)7-10/h3-6,11H,2,7H2,1H3. The van der Waals surface area contributed by atoms with Gasteiger partial charge in [-0.05, 0) is 18.1 Å². The molecule has 5 heteroatoms. The molecule has 0 unspecified atom stereocenters. The summed E-state index contributed by atoms with van der Waals surface area (Å²) in [5, 5.41) is 0. The molecule has 0 aliphatic carbocycles. The monoisotopic (exact) mass is 277 g/mol. The van der Waals surface area contributed by atoms with E-state index in [0.717, 1.165) is 12.0 Å². The molecule has 0 fully saturated rings. The largest absolute Gasteiger partial charge is 0.283 e. The van der Waals surface area contributed by atoms with Crippen molar-refractivity contribution in [3.05, 3.63) is 29.8 Å². The number of benzene rings is 1. The van der Waals surface area contributed by atoms with Gasteiger partial charge >= 0.3 is 0 Å². The quantitative estimate of drug-likeness (QED) is 0.859. The number of hydrogen-bond acceptors (Lipinski definition) is 2. The number of alkyl halides is 1. The molecule has 0 saturated carbocycles. The maximum Gasteiger partial charge on any atom is 0.242 e. The summed E-state index contributed by atoms with van der Waals surface area (Å²) in [6.45, 7) is 1.99. The minimum atomic E-state index is -3.24. The van der Waals surface area contributed by atoms with Crippen molar-refractivity contribution in [3.8, 4) is 0 Å². The van der Waals surface area contributed by atoms with E-state index < -0.39 is 10.0 Å². The molecule has 0 heterocycles. The van der Waals surface area contributed by atoms with Crippen molar-refractivity contribution in [3.63, 3.8) is 0 Å². The van der Waals surface area contributed by atoms with E-state index in [1.807, 2.05) is 25.1 Å². The molecule has 14 heavy (non-hydrogen) atoms. The molecule has 0 aromatic heterocycles. The number of hydrogen-bond donors (Lipinski definition) is 1. The first-order valence-corrected chi connectivity index (χ1v) is 7.01. The highest BCUT2D eigenvalue weighted by atomic mass is 79.9. The van der Waals surface area contributed by atoms with E-state index in [-0.39, 0.29) is 4.66 Å². The van der Waals surface area contributed by atoms with E-state index in [0.29, 0.717) is 5.69 Å². The lowest BCUT2D eigenvalue weighted by atomic mass is 10.1. The van der Waals surface area contributed by atoms with Crippen LogP contribution in [-0.4, -0.2) is 13.1 Å². The van der Waals surface area contributed by atoms with Crippen LogP contribution in [0.3, 0.4) is 0 Å². The van der Waals surface area contributed by atoms with Gasteiger partial charge in [-0.25, -0.2) is 8.42 Å². The van der Waals surface area contributed by atoms with Gasteiger partial charge in [-0.15, -0.1) is 0 Å². The van der Waals surface area contributed by atoms with Crippen molar-refractivity contribution >= 4 is 31.6 Å². The first-order chi connectivity index (χ1) is 6.59. The fourth-order valence-electron chi connectivity index (χ4n) is 1.12. The highest BCUT2D eigenvalue weighted by Gasteiger charge is 2.09. The zero-order valence-electron chi connectivity index (χ0n) is 7.83. The Labute approximate surface area is 92.7 Å². The van der Waals surface area contributed by atoms with Gasteiger partial charge in [0.05, 0.1) is 5.69 Å². The van der Waals surface area contributed by atoms with Gasteiger partial charge in [0.25, 0.3) is 0 Å². The molecule has 1 aromatic rings. The Bertz CT molecular complexity index is 403. The number of nitrogens with one attached hydrogen (secondary N) is 1. The summed E-state index contributed by atoms with van der Waals surface area (Å²) in [6, 6.07) is 7.38. The van der Waals surface area contributed by atoms with Crippen LogP contribution in [-0.2, 0) is 16.4 Å². The predicted molar refractivity (Wildman–Crippen MR) is 62.2 cm³/mol. The van der Waals surface area contributed by atoms with Crippen LogP contribution in [0.25, 0.3) is 0 Å². The molecule has 0 aliphatic rings. The van der Waals surface area contributed by atoms with Gasteiger partial charge in [0.1, 0.15) is 4.66 Å².